The van der Waals surface area contributed by atoms with E-state index in [2.05, 4.69) is 4.74 Å². The van der Waals surface area contributed by atoms with Gasteiger partial charge in [-0.2, -0.15) is 0 Å². The van der Waals surface area contributed by atoms with E-state index in [4.69, 9.17) is 16.3 Å². The molecule has 0 heterocycles. The summed E-state index contributed by atoms with van der Waals surface area (Å²) in [5.74, 6) is -0.0171. The fourth-order valence-corrected chi connectivity index (χ4v) is 2.09. The molecular weight excluding hydrogens is 304 g/mol. The van der Waals surface area contributed by atoms with E-state index in [-0.39, 0.29) is 18.4 Å². The molecule has 4 nitrogen and oxygen atoms in total. The quantitative estimate of drug-likeness (QED) is 0.619. The zero-order valence-electron chi connectivity index (χ0n) is 12.3. The van der Waals surface area contributed by atoms with Gasteiger partial charge in [-0.3, -0.25) is 4.79 Å². The van der Waals surface area contributed by atoms with E-state index in [9.17, 15) is 9.59 Å². The molecule has 0 unspecified atom stereocenters. The Morgan fingerprint density at radius 3 is 2.36 bits per heavy atom. The summed E-state index contributed by atoms with van der Waals surface area (Å²) < 4.78 is 10.3. The fraction of sp³-hybridized carbons (Fsp3) is 0.176. The third kappa shape index (κ3) is 3.86. The molecule has 0 aromatic heterocycles. The molecule has 0 fully saturated rings. The van der Waals surface area contributed by atoms with Crippen molar-refractivity contribution < 1.29 is 19.1 Å². The monoisotopic (exact) mass is 318 g/mol. The Morgan fingerprint density at radius 1 is 1.09 bits per heavy atom. The zero-order chi connectivity index (χ0) is 16.1. The van der Waals surface area contributed by atoms with Crippen LogP contribution >= 0.6 is 11.6 Å². The fourth-order valence-electron chi connectivity index (χ4n) is 1.92. The number of hydrogen-bond acceptors (Lipinski definition) is 4. The molecule has 5 heteroatoms. The molecule has 0 radical (unpaired) electrons. The molecule has 0 amide bonds. The zero-order valence-corrected chi connectivity index (χ0v) is 13.0. The summed E-state index contributed by atoms with van der Waals surface area (Å²) in [4.78, 5) is 22.9. The van der Waals surface area contributed by atoms with Gasteiger partial charge in [0.25, 0.3) is 0 Å². The largest absolute Gasteiger partial charge is 0.488 e. The lowest BCUT2D eigenvalue weighted by Gasteiger charge is -2.10. The van der Waals surface area contributed by atoms with E-state index in [1.54, 1.807) is 42.5 Å². The highest BCUT2D eigenvalue weighted by Gasteiger charge is 2.10. The predicted octanol–water partition coefficient (Wildman–Crippen LogP) is 3.91. The molecule has 0 aliphatic heterocycles. The third-order valence-corrected chi connectivity index (χ3v) is 3.33. The minimum Gasteiger partial charge on any atom is -0.488 e. The Kier molecular flexibility index (Phi) is 5.17. The van der Waals surface area contributed by atoms with Gasteiger partial charge >= 0.3 is 5.97 Å². The second kappa shape index (κ2) is 7.09. The summed E-state index contributed by atoms with van der Waals surface area (Å²) >= 11 is 5.89. The van der Waals surface area contributed by atoms with Crippen LogP contribution in [0.15, 0.2) is 42.5 Å². The molecule has 22 heavy (non-hydrogen) atoms. The van der Waals surface area contributed by atoms with Gasteiger partial charge in [-0.25, -0.2) is 4.79 Å². The van der Waals surface area contributed by atoms with E-state index in [1.807, 2.05) is 0 Å². The summed E-state index contributed by atoms with van der Waals surface area (Å²) in [5.41, 5.74) is 1.79. The van der Waals surface area contributed by atoms with Gasteiger partial charge in [0, 0.05) is 5.02 Å². The van der Waals surface area contributed by atoms with Gasteiger partial charge in [0.1, 0.15) is 12.4 Å². The first-order chi connectivity index (χ1) is 10.5. The van der Waals surface area contributed by atoms with Crippen LogP contribution in [-0.4, -0.2) is 18.9 Å². The van der Waals surface area contributed by atoms with Crippen LogP contribution in [0.3, 0.4) is 0 Å². The average Bonchev–Trinajstić information content (AvgIpc) is 2.53. The second-order valence-corrected chi connectivity index (χ2v) is 5.11. The summed E-state index contributed by atoms with van der Waals surface area (Å²) in [7, 11) is 1.34. The maximum absolute atomic E-state index is 11.6. The highest BCUT2D eigenvalue weighted by molar-refractivity contribution is 6.31. The van der Waals surface area contributed by atoms with Gasteiger partial charge < -0.3 is 9.47 Å². The summed E-state index contributed by atoms with van der Waals surface area (Å²) in [6.07, 6.45) is 0. The lowest BCUT2D eigenvalue weighted by atomic mass is 10.1. The first kappa shape index (κ1) is 16.0. The minimum atomic E-state index is -0.385. The maximum atomic E-state index is 11.6. The van der Waals surface area contributed by atoms with Crippen molar-refractivity contribution in [2.24, 2.45) is 0 Å². The van der Waals surface area contributed by atoms with Gasteiger partial charge in [-0.1, -0.05) is 23.7 Å². The van der Waals surface area contributed by atoms with Crippen LogP contribution in [0.5, 0.6) is 5.75 Å². The second-order valence-electron chi connectivity index (χ2n) is 4.67. The molecule has 114 valence electrons. The standard InChI is InChI=1S/C17H15ClO4/c1-11(19)15-9-14(18)7-8-16(15)22-10-12-3-5-13(6-4-12)17(20)21-2/h3-9H,10H2,1-2H3. The first-order valence-corrected chi connectivity index (χ1v) is 6.99. The van der Waals surface area contributed by atoms with Crippen LogP contribution in [0, 0.1) is 0 Å². The van der Waals surface area contributed by atoms with Crippen molar-refractivity contribution in [3.8, 4) is 5.75 Å². The van der Waals surface area contributed by atoms with Crippen LogP contribution in [0.25, 0.3) is 0 Å². The minimum absolute atomic E-state index is 0.112. The van der Waals surface area contributed by atoms with E-state index < -0.39 is 0 Å². The first-order valence-electron chi connectivity index (χ1n) is 6.62. The molecule has 2 aromatic carbocycles. The van der Waals surface area contributed by atoms with Gasteiger partial charge in [0.15, 0.2) is 5.78 Å². The summed E-state index contributed by atoms with van der Waals surface area (Å²) in [6, 6.07) is 11.8. The van der Waals surface area contributed by atoms with Crippen molar-refractivity contribution in [3.63, 3.8) is 0 Å². The van der Waals surface area contributed by atoms with E-state index in [1.165, 1.54) is 14.0 Å². The molecule has 2 aromatic rings. The van der Waals surface area contributed by atoms with Crippen molar-refractivity contribution >= 4 is 23.4 Å². The lowest BCUT2D eigenvalue weighted by Crippen LogP contribution is -2.03. The molecule has 0 saturated heterocycles. The highest BCUT2D eigenvalue weighted by Crippen LogP contribution is 2.24. The molecule has 0 aliphatic rings. The SMILES string of the molecule is COC(=O)c1ccc(COc2ccc(Cl)cc2C(C)=O)cc1. The van der Waals surface area contributed by atoms with Crippen LogP contribution < -0.4 is 4.74 Å². The number of ketones is 1. The van der Waals surface area contributed by atoms with E-state index in [0.29, 0.717) is 21.9 Å². The Morgan fingerprint density at radius 2 is 1.77 bits per heavy atom. The van der Waals surface area contributed by atoms with Gasteiger partial charge in [0.05, 0.1) is 18.2 Å². The Hall–Kier alpha value is -2.33. The Balaban J connectivity index is 2.10. The lowest BCUT2D eigenvalue weighted by molar-refractivity contribution is 0.0600. The van der Waals surface area contributed by atoms with Crippen LogP contribution in [0.1, 0.15) is 33.2 Å². The number of Topliss-reactive ketones (excluding diaryl/α,β-unsaturated/α-hetero) is 1. The number of ether oxygens (including phenoxy) is 2. The van der Waals surface area contributed by atoms with Crippen molar-refractivity contribution in [1.82, 2.24) is 0 Å². The third-order valence-electron chi connectivity index (χ3n) is 3.09. The molecular formula is C17H15ClO4. The number of esters is 1. The molecule has 0 saturated carbocycles. The normalized spacial score (nSPS) is 10.1. The number of halogens is 1. The smallest absolute Gasteiger partial charge is 0.337 e. The topological polar surface area (TPSA) is 52.6 Å². The molecule has 0 aliphatic carbocycles. The van der Waals surface area contributed by atoms with Crippen molar-refractivity contribution in [2.45, 2.75) is 13.5 Å². The Bertz CT molecular complexity index is 692. The van der Waals surface area contributed by atoms with Crippen molar-refractivity contribution in [3.05, 3.63) is 64.2 Å². The molecule has 2 rings (SSSR count). The number of benzene rings is 2. The van der Waals surface area contributed by atoms with E-state index >= 15 is 0 Å². The number of hydrogen-bond donors (Lipinski definition) is 0. The molecule has 0 atom stereocenters. The number of carbonyl (C=O) groups excluding carboxylic acids is 2. The van der Waals surface area contributed by atoms with Crippen molar-refractivity contribution in [1.29, 1.82) is 0 Å². The molecule has 0 spiro atoms. The molecule has 0 N–H and O–H groups in total. The predicted molar refractivity (Wildman–Crippen MR) is 83.6 cm³/mol. The van der Waals surface area contributed by atoms with Crippen molar-refractivity contribution in [2.75, 3.05) is 7.11 Å². The van der Waals surface area contributed by atoms with Gasteiger partial charge in [0.2, 0.25) is 0 Å². The van der Waals surface area contributed by atoms with Crippen LogP contribution in [-0.2, 0) is 11.3 Å². The number of rotatable bonds is 5. The molecule has 0 bridgehead atoms. The van der Waals surface area contributed by atoms with E-state index in [0.717, 1.165) is 5.56 Å². The number of carbonyl (C=O) groups is 2. The van der Waals surface area contributed by atoms with Crippen LogP contribution in [0.2, 0.25) is 5.02 Å². The number of methoxy groups -OCH3 is 1. The highest BCUT2D eigenvalue weighted by atomic mass is 35.5. The average molecular weight is 319 g/mol. The summed E-state index contributed by atoms with van der Waals surface area (Å²) in [5, 5.41) is 0.486. The van der Waals surface area contributed by atoms with Gasteiger partial charge in [-0.15, -0.1) is 0 Å². The van der Waals surface area contributed by atoms with Gasteiger partial charge in [-0.05, 0) is 42.8 Å². The summed E-state index contributed by atoms with van der Waals surface area (Å²) in [6.45, 7) is 1.74. The maximum Gasteiger partial charge on any atom is 0.337 e. The van der Waals surface area contributed by atoms with Crippen LogP contribution in [0.4, 0.5) is 0 Å². The Labute approximate surface area is 133 Å².